The van der Waals surface area contributed by atoms with E-state index >= 15 is 0 Å². The fourth-order valence-electron chi connectivity index (χ4n) is 4.14. The van der Waals surface area contributed by atoms with Gasteiger partial charge >= 0.3 is 0 Å². The molecule has 0 unspecified atom stereocenters. The molecule has 1 amide bonds. The maximum Gasteiger partial charge on any atom is 0.226 e. The van der Waals surface area contributed by atoms with Crippen molar-refractivity contribution in [3.05, 3.63) is 10.2 Å². The number of carbonyl (C=O) groups is 1. The Hall–Kier alpha value is -1.31. The molecule has 0 spiro atoms. The minimum atomic E-state index is -0.129. The van der Waals surface area contributed by atoms with Crippen molar-refractivity contribution in [1.29, 1.82) is 0 Å². The summed E-state index contributed by atoms with van der Waals surface area (Å²) < 4.78 is 0. The Balaban J connectivity index is 1.47. The maximum absolute atomic E-state index is 11.3. The summed E-state index contributed by atoms with van der Waals surface area (Å²) in [5.41, 5.74) is 5.43. The van der Waals surface area contributed by atoms with Crippen molar-refractivity contribution in [2.24, 2.45) is 17.6 Å². The largest absolute Gasteiger partial charge is 0.369 e. The summed E-state index contributed by atoms with van der Waals surface area (Å²) in [5, 5.41) is 3.81. The quantitative estimate of drug-likeness (QED) is 0.648. The van der Waals surface area contributed by atoms with Crippen LogP contribution in [0.15, 0.2) is 0 Å². The number of piperazine rings is 1. The molecule has 2 aliphatic rings. The first-order valence-electron chi connectivity index (χ1n) is 10.2. The van der Waals surface area contributed by atoms with Crippen LogP contribution in [0.4, 0.5) is 11.8 Å². The van der Waals surface area contributed by atoms with Gasteiger partial charge in [0.15, 0.2) is 11.0 Å². The van der Waals surface area contributed by atoms with Crippen LogP contribution < -0.4 is 16.0 Å². The average Bonchev–Trinajstić information content (AvgIpc) is 2.70. The van der Waals surface area contributed by atoms with Gasteiger partial charge in [-0.2, -0.15) is 9.97 Å². The molecule has 1 aromatic rings. The van der Waals surface area contributed by atoms with Crippen LogP contribution in [0.5, 0.6) is 0 Å². The Morgan fingerprint density at radius 3 is 2.43 bits per heavy atom. The zero-order valence-electron chi connectivity index (χ0n) is 16.5. The number of primary amides is 1. The molecule has 3 rings (SSSR count). The SMILES string of the molecule is CCNc1nc(Cl)c(Cl)c(N2CCN(CCC3CCC(C(N)=O)CC3)CC2)n1. The topological polar surface area (TPSA) is 87.4 Å². The third kappa shape index (κ3) is 5.39. The zero-order valence-corrected chi connectivity index (χ0v) is 18.0. The summed E-state index contributed by atoms with van der Waals surface area (Å²) in [4.78, 5) is 24.7. The van der Waals surface area contributed by atoms with Crippen molar-refractivity contribution in [3.8, 4) is 0 Å². The third-order valence-corrected chi connectivity index (χ3v) is 6.62. The standard InChI is InChI=1S/C19H30Cl2N6O/c1-2-23-19-24-16(21)15(20)18(25-19)27-11-9-26(10-12-27)8-7-13-3-5-14(6-4-13)17(22)28/h13-14H,2-12H2,1H3,(H2,22,28)(H,23,24,25). The van der Waals surface area contributed by atoms with E-state index in [1.54, 1.807) is 0 Å². The van der Waals surface area contributed by atoms with Gasteiger partial charge in [-0.05, 0) is 51.5 Å². The van der Waals surface area contributed by atoms with Crippen molar-refractivity contribution in [2.45, 2.75) is 39.0 Å². The van der Waals surface area contributed by atoms with Crippen LogP contribution in [-0.4, -0.2) is 60.0 Å². The molecule has 1 aliphatic carbocycles. The van der Waals surface area contributed by atoms with Gasteiger partial charge < -0.3 is 16.0 Å². The lowest BCUT2D eigenvalue weighted by Gasteiger charge is -2.37. The minimum Gasteiger partial charge on any atom is -0.369 e. The molecule has 0 radical (unpaired) electrons. The zero-order chi connectivity index (χ0) is 20.1. The van der Waals surface area contributed by atoms with Gasteiger partial charge in [-0.1, -0.05) is 23.2 Å². The van der Waals surface area contributed by atoms with Gasteiger partial charge in [0, 0.05) is 38.6 Å². The Bertz CT molecular complexity index is 673. The molecule has 1 saturated heterocycles. The molecular formula is C19H30Cl2N6O. The Morgan fingerprint density at radius 1 is 1.14 bits per heavy atom. The molecule has 156 valence electrons. The number of hydrogen-bond acceptors (Lipinski definition) is 6. The van der Waals surface area contributed by atoms with Crippen LogP contribution in [0, 0.1) is 11.8 Å². The van der Waals surface area contributed by atoms with Crippen LogP contribution in [0.3, 0.4) is 0 Å². The van der Waals surface area contributed by atoms with E-state index in [4.69, 9.17) is 28.9 Å². The fourth-order valence-corrected chi connectivity index (χ4v) is 4.51. The number of rotatable bonds is 7. The highest BCUT2D eigenvalue weighted by molar-refractivity contribution is 6.42. The van der Waals surface area contributed by atoms with Crippen LogP contribution in [0.2, 0.25) is 10.2 Å². The van der Waals surface area contributed by atoms with E-state index < -0.39 is 0 Å². The molecule has 3 N–H and O–H groups in total. The first-order chi connectivity index (χ1) is 13.5. The average molecular weight is 429 g/mol. The highest BCUT2D eigenvalue weighted by atomic mass is 35.5. The first kappa shape index (κ1) is 21.4. The van der Waals surface area contributed by atoms with Crippen molar-refractivity contribution in [2.75, 3.05) is 49.5 Å². The highest BCUT2D eigenvalue weighted by Gasteiger charge is 2.26. The highest BCUT2D eigenvalue weighted by Crippen LogP contribution is 2.32. The summed E-state index contributed by atoms with van der Waals surface area (Å²) in [6, 6.07) is 0. The number of anilines is 2. The van der Waals surface area contributed by atoms with Crippen LogP contribution >= 0.6 is 23.2 Å². The van der Waals surface area contributed by atoms with Gasteiger partial charge in [0.2, 0.25) is 11.9 Å². The monoisotopic (exact) mass is 428 g/mol. The second-order valence-electron chi connectivity index (χ2n) is 7.74. The predicted molar refractivity (Wildman–Crippen MR) is 114 cm³/mol. The summed E-state index contributed by atoms with van der Waals surface area (Å²) in [6.07, 6.45) is 5.34. The smallest absolute Gasteiger partial charge is 0.226 e. The van der Waals surface area contributed by atoms with Gasteiger partial charge in [0.1, 0.15) is 5.02 Å². The van der Waals surface area contributed by atoms with Crippen LogP contribution in [0.1, 0.15) is 39.0 Å². The van der Waals surface area contributed by atoms with Gasteiger partial charge in [-0.25, -0.2) is 0 Å². The number of hydrogen-bond donors (Lipinski definition) is 2. The van der Waals surface area contributed by atoms with Crippen molar-refractivity contribution < 1.29 is 4.79 Å². The van der Waals surface area contributed by atoms with E-state index in [1.165, 1.54) is 6.42 Å². The van der Waals surface area contributed by atoms with E-state index in [0.717, 1.165) is 65.0 Å². The Labute approximate surface area is 177 Å². The normalized spacial score (nSPS) is 23.6. The van der Waals surface area contributed by atoms with Crippen molar-refractivity contribution in [1.82, 2.24) is 14.9 Å². The minimum absolute atomic E-state index is 0.0938. The lowest BCUT2D eigenvalue weighted by atomic mass is 9.80. The van der Waals surface area contributed by atoms with E-state index in [-0.39, 0.29) is 17.0 Å². The lowest BCUT2D eigenvalue weighted by molar-refractivity contribution is -0.123. The van der Waals surface area contributed by atoms with E-state index in [2.05, 4.69) is 25.1 Å². The van der Waals surface area contributed by atoms with Crippen molar-refractivity contribution in [3.63, 3.8) is 0 Å². The number of nitrogens with two attached hydrogens (primary N) is 1. The molecule has 0 bridgehead atoms. The summed E-state index contributed by atoms with van der Waals surface area (Å²) in [5.74, 6) is 1.90. The Kier molecular flexibility index (Phi) is 7.60. The molecule has 1 aromatic heterocycles. The second kappa shape index (κ2) is 9.94. The predicted octanol–water partition coefficient (Wildman–Crippen LogP) is 3.02. The second-order valence-corrected chi connectivity index (χ2v) is 8.48. The molecular weight excluding hydrogens is 399 g/mol. The van der Waals surface area contributed by atoms with E-state index in [0.29, 0.717) is 22.7 Å². The molecule has 1 saturated carbocycles. The lowest BCUT2D eigenvalue weighted by Crippen LogP contribution is -2.47. The number of aromatic nitrogens is 2. The molecule has 2 fully saturated rings. The summed E-state index contributed by atoms with van der Waals surface area (Å²) in [7, 11) is 0. The molecule has 0 aromatic carbocycles. The van der Waals surface area contributed by atoms with E-state index in [1.807, 2.05) is 6.92 Å². The third-order valence-electron chi connectivity index (χ3n) is 5.90. The number of carbonyl (C=O) groups excluding carboxylic acids is 1. The Morgan fingerprint density at radius 2 is 1.82 bits per heavy atom. The van der Waals surface area contributed by atoms with Crippen LogP contribution in [-0.2, 0) is 4.79 Å². The van der Waals surface area contributed by atoms with Gasteiger partial charge in [0.25, 0.3) is 0 Å². The first-order valence-corrected chi connectivity index (χ1v) is 11.0. The molecule has 0 atom stereocenters. The van der Waals surface area contributed by atoms with Gasteiger partial charge in [0.05, 0.1) is 0 Å². The van der Waals surface area contributed by atoms with Crippen molar-refractivity contribution >= 4 is 40.9 Å². The molecule has 1 aliphatic heterocycles. The van der Waals surface area contributed by atoms with Crippen LogP contribution in [0.25, 0.3) is 0 Å². The van der Waals surface area contributed by atoms with E-state index in [9.17, 15) is 4.79 Å². The van der Waals surface area contributed by atoms with Gasteiger partial charge in [-0.15, -0.1) is 0 Å². The molecule has 28 heavy (non-hydrogen) atoms. The summed E-state index contributed by atoms with van der Waals surface area (Å²) >= 11 is 12.5. The molecule has 9 heteroatoms. The summed E-state index contributed by atoms with van der Waals surface area (Å²) in [6.45, 7) is 7.51. The fraction of sp³-hybridized carbons (Fsp3) is 0.737. The number of nitrogens with one attached hydrogen (secondary N) is 1. The number of amides is 1. The van der Waals surface area contributed by atoms with Gasteiger partial charge in [-0.3, -0.25) is 9.69 Å². The number of nitrogens with zero attached hydrogens (tertiary/aromatic N) is 4. The molecule has 2 heterocycles. The maximum atomic E-state index is 11.3. The molecule has 7 nitrogen and oxygen atoms in total. The number of halogens is 2.